The van der Waals surface area contributed by atoms with E-state index >= 15 is 0 Å². The van der Waals surface area contributed by atoms with Gasteiger partial charge in [0.05, 0.1) is 0 Å². The van der Waals surface area contributed by atoms with Crippen LogP contribution in [0.4, 0.5) is 4.79 Å². The molecule has 1 rings (SSSR count). The Morgan fingerprint density at radius 2 is 1.57 bits per heavy atom. The van der Waals surface area contributed by atoms with E-state index in [1.807, 2.05) is 45.9 Å². The minimum Gasteiger partial charge on any atom is -0.444 e. The normalized spacial score (nSPS) is 12.9. The average Bonchev–Trinajstić information content (AvgIpc) is 2.83. The van der Waals surface area contributed by atoms with Crippen LogP contribution in [0.25, 0.3) is 0 Å². The molecular weight excluding hydrogens is 508 g/mol. The van der Waals surface area contributed by atoms with Gasteiger partial charge in [-0.05, 0) is 78.0 Å². The van der Waals surface area contributed by atoms with Crippen LogP contribution in [0.3, 0.4) is 0 Å². The molecule has 0 heterocycles. The summed E-state index contributed by atoms with van der Waals surface area (Å²) < 4.78 is 5.40. The summed E-state index contributed by atoms with van der Waals surface area (Å²) in [6.45, 7) is 15.4. The van der Waals surface area contributed by atoms with E-state index in [0.717, 1.165) is 43.2 Å². The van der Waals surface area contributed by atoms with E-state index in [1.165, 1.54) is 0 Å². The molecule has 0 bridgehead atoms. The van der Waals surface area contributed by atoms with Crippen LogP contribution in [0.5, 0.6) is 0 Å². The third-order valence-electron chi connectivity index (χ3n) is 6.54. The minimum absolute atomic E-state index is 0.00808. The lowest BCUT2D eigenvalue weighted by molar-refractivity contribution is -0.143. The number of hydrogen-bond acceptors (Lipinski definition) is 5. The molecule has 0 saturated carbocycles. The van der Waals surface area contributed by atoms with Crippen molar-refractivity contribution in [3.8, 4) is 0 Å². The fourth-order valence-electron chi connectivity index (χ4n) is 4.39. The zero-order valence-electron chi connectivity index (χ0n) is 25.9. The van der Waals surface area contributed by atoms with E-state index in [9.17, 15) is 19.2 Å². The summed E-state index contributed by atoms with van der Waals surface area (Å²) in [4.78, 5) is 53.8. The van der Waals surface area contributed by atoms with Crippen LogP contribution in [0.2, 0.25) is 0 Å². The number of primary amides is 1. The number of carbonyl (C=O) groups excluding carboxylic acids is 4. The van der Waals surface area contributed by atoms with Crippen LogP contribution in [-0.4, -0.2) is 52.9 Å². The third kappa shape index (κ3) is 12.8. The van der Waals surface area contributed by atoms with Crippen molar-refractivity contribution in [3.63, 3.8) is 0 Å². The number of ether oxygens (including phenoxy) is 1. The maximum Gasteiger partial charge on any atom is 0.408 e. The van der Waals surface area contributed by atoms with Gasteiger partial charge in [0.2, 0.25) is 17.7 Å². The van der Waals surface area contributed by atoms with E-state index in [4.69, 9.17) is 10.5 Å². The highest BCUT2D eigenvalue weighted by molar-refractivity contribution is 5.92. The first-order chi connectivity index (χ1) is 18.7. The van der Waals surface area contributed by atoms with Crippen molar-refractivity contribution >= 4 is 23.8 Å². The van der Waals surface area contributed by atoms with Crippen LogP contribution >= 0.6 is 0 Å². The van der Waals surface area contributed by atoms with Crippen molar-refractivity contribution in [1.29, 1.82) is 0 Å². The Morgan fingerprint density at radius 1 is 0.950 bits per heavy atom. The second-order valence-corrected chi connectivity index (χ2v) is 11.9. The van der Waals surface area contributed by atoms with Crippen molar-refractivity contribution in [2.45, 2.75) is 130 Å². The Labute approximate surface area is 241 Å². The Morgan fingerprint density at radius 3 is 2.12 bits per heavy atom. The van der Waals surface area contributed by atoms with Gasteiger partial charge in [0.15, 0.2) is 0 Å². The number of nitrogens with two attached hydrogens (primary N) is 1. The molecule has 0 radical (unpaired) electrons. The lowest BCUT2D eigenvalue weighted by atomic mass is 9.97. The van der Waals surface area contributed by atoms with Crippen molar-refractivity contribution in [3.05, 3.63) is 34.9 Å². The second kappa shape index (κ2) is 16.9. The third-order valence-corrected chi connectivity index (χ3v) is 6.54. The molecule has 0 aromatic heterocycles. The Kier molecular flexibility index (Phi) is 14.7. The summed E-state index contributed by atoms with van der Waals surface area (Å²) >= 11 is 0. The Bertz CT molecular complexity index is 986. The molecule has 0 spiro atoms. The van der Waals surface area contributed by atoms with Crippen LogP contribution in [0.15, 0.2) is 18.2 Å². The zero-order chi connectivity index (χ0) is 30.5. The number of unbranched alkanes of at least 4 members (excludes halogenated alkanes) is 5. The predicted molar refractivity (Wildman–Crippen MR) is 159 cm³/mol. The summed E-state index contributed by atoms with van der Waals surface area (Å²) in [5.74, 6) is -1.35. The van der Waals surface area contributed by atoms with Gasteiger partial charge in [0.25, 0.3) is 0 Å². The summed E-state index contributed by atoms with van der Waals surface area (Å²) in [5.41, 5.74) is 7.39. The van der Waals surface area contributed by atoms with Gasteiger partial charge in [0.1, 0.15) is 17.7 Å². The lowest BCUT2D eigenvalue weighted by Gasteiger charge is -2.35. The number of aryl methyl sites for hydroxylation is 2. The topological polar surface area (TPSA) is 131 Å². The average molecular weight is 561 g/mol. The van der Waals surface area contributed by atoms with Gasteiger partial charge >= 0.3 is 6.09 Å². The van der Waals surface area contributed by atoms with Crippen molar-refractivity contribution < 1.29 is 23.9 Å². The number of nitrogens with zero attached hydrogens (tertiary/aromatic N) is 1. The predicted octanol–water partition coefficient (Wildman–Crippen LogP) is 5.22. The molecule has 0 saturated heterocycles. The highest BCUT2D eigenvalue weighted by Crippen LogP contribution is 2.26. The summed E-state index contributed by atoms with van der Waals surface area (Å²) in [5, 5.41) is 5.61. The first-order valence-electron chi connectivity index (χ1n) is 14.6. The fourth-order valence-corrected chi connectivity index (χ4v) is 4.39. The van der Waals surface area contributed by atoms with Crippen LogP contribution < -0.4 is 16.4 Å². The quantitative estimate of drug-likeness (QED) is 0.239. The zero-order valence-corrected chi connectivity index (χ0v) is 25.9. The molecule has 0 fully saturated rings. The molecule has 0 aliphatic heterocycles. The van der Waals surface area contributed by atoms with Gasteiger partial charge in [-0.15, -0.1) is 0 Å². The smallest absolute Gasteiger partial charge is 0.408 e. The van der Waals surface area contributed by atoms with Crippen molar-refractivity contribution in [1.82, 2.24) is 15.5 Å². The molecule has 0 aliphatic carbocycles. The fraction of sp³-hybridized carbons (Fsp3) is 0.677. The summed E-state index contributed by atoms with van der Waals surface area (Å²) in [7, 11) is 0. The van der Waals surface area contributed by atoms with E-state index < -0.39 is 35.6 Å². The second-order valence-electron chi connectivity index (χ2n) is 11.9. The number of rotatable bonds is 16. The number of carbonyl (C=O) groups is 4. The van der Waals surface area contributed by atoms with E-state index in [2.05, 4.69) is 17.6 Å². The van der Waals surface area contributed by atoms with E-state index in [1.54, 1.807) is 25.7 Å². The number of alkyl carbamates (subject to hydrolysis) is 1. The Hall–Kier alpha value is -3.10. The molecule has 4 N–H and O–H groups in total. The van der Waals surface area contributed by atoms with Crippen molar-refractivity contribution in [2.24, 2.45) is 5.73 Å². The maximum atomic E-state index is 14.2. The van der Waals surface area contributed by atoms with Gasteiger partial charge in [-0.2, -0.15) is 0 Å². The molecule has 2 atom stereocenters. The molecule has 1 aromatic carbocycles. The maximum absolute atomic E-state index is 14.2. The highest BCUT2D eigenvalue weighted by atomic mass is 16.6. The summed E-state index contributed by atoms with van der Waals surface area (Å²) in [6.07, 6.45) is 5.14. The lowest BCUT2D eigenvalue weighted by Crippen LogP contribution is -2.54. The van der Waals surface area contributed by atoms with Gasteiger partial charge in [0, 0.05) is 19.0 Å². The number of amides is 4. The van der Waals surface area contributed by atoms with Gasteiger partial charge in [-0.1, -0.05) is 57.2 Å². The number of benzene rings is 1. The molecule has 0 aliphatic rings. The monoisotopic (exact) mass is 560 g/mol. The van der Waals surface area contributed by atoms with Crippen LogP contribution in [-0.2, 0) is 19.1 Å². The first-order valence-corrected chi connectivity index (χ1v) is 14.6. The molecule has 40 heavy (non-hydrogen) atoms. The molecule has 1 aromatic rings. The molecule has 2 unspecified atom stereocenters. The van der Waals surface area contributed by atoms with E-state index in [-0.39, 0.29) is 24.8 Å². The van der Waals surface area contributed by atoms with E-state index in [0.29, 0.717) is 18.5 Å². The molecule has 226 valence electrons. The Balaban J connectivity index is 3.50. The van der Waals surface area contributed by atoms with Gasteiger partial charge in [-0.3, -0.25) is 14.4 Å². The molecule has 4 amide bonds. The highest BCUT2D eigenvalue weighted by Gasteiger charge is 2.36. The van der Waals surface area contributed by atoms with Gasteiger partial charge < -0.3 is 26.0 Å². The number of nitrogens with one attached hydrogen (secondary N) is 2. The van der Waals surface area contributed by atoms with Crippen LogP contribution in [0, 0.1) is 13.8 Å². The summed E-state index contributed by atoms with van der Waals surface area (Å²) in [6, 6.07) is 3.59. The van der Waals surface area contributed by atoms with Gasteiger partial charge in [-0.25, -0.2) is 4.79 Å². The molecule has 9 heteroatoms. The van der Waals surface area contributed by atoms with Crippen LogP contribution in [0.1, 0.15) is 116 Å². The largest absolute Gasteiger partial charge is 0.444 e. The molecular formula is C31H52N4O5. The standard InChI is InChI=1S/C31H52N4O5/c1-9-10-11-12-13-14-19-35(27(28(37)33-21(2)3)24-16-15-22(4)23(5)20-24)29(38)25(17-18-26(32)36)34-30(39)40-31(6,7)8/h15-16,20-21,25,27H,9-14,17-19H2,1-8H3,(H2,32,36)(H,33,37)(H,34,39). The minimum atomic E-state index is -1.09. The SMILES string of the molecule is CCCCCCCCN(C(=O)C(CCC(N)=O)NC(=O)OC(C)(C)C)C(C(=O)NC(C)C)c1ccc(C)c(C)c1. The first kappa shape index (κ1) is 34.9. The van der Waals surface area contributed by atoms with Crippen molar-refractivity contribution in [2.75, 3.05) is 6.54 Å². The molecule has 9 nitrogen and oxygen atoms in total. The number of hydrogen-bond donors (Lipinski definition) is 3.